The highest BCUT2D eigenvalue weighted by molar-refractivity contribution is 4.97. The third-order valence-corrected chi connectivity index (χ3v) is 3.24. The topological polar surface area (TPSA) is 9.23 Å². The van der Waals surface area contributed by atoms with Crippen molar-refractivity contribution in [3.63, 3.8) is 0 Å². The van der Waals surface area contributed by atoms with Gasteiger partial charge in [0, 0.05) is 0 Å². The van der Waals surface area contributed by atoms with Crippen LogP contribution in [0.25, 0.3) is 0 Å². The van der Waals surface area contributed by atoms with Crippen LogP contribution in [0.3, 0.4) is 0 Å². The number of fused-ring (bicyclic) bond motifs is 1. The third-order valence-electron chi connectivity index (χ3n) is 3.24. The monoisotopic (exact) mass is 179 g/mol. The van der Waals surface area contributed by atoms with Crippen LogP contribution in [0.5, 0.6) is 0 Å². The van der Waals surface area contributed by atoms with E-state index in [0.29, 0.717) is 12.2 Å². The minimum Gasteiger partial charge on any atom is -0.371 e. The molecule has 1 aliphatic carbocycles. The quantitative estimate of drug-likeness (QED) is 0.592. The van der Waals surface area contributed by atoms with Gasteiger partial charge in [-0.1, -0.05) is 25.0 Å². The second-order valence-electron chi connectivity index (χ2n) is 4.21. The Morgan fingerprint density at radius 3 is 2.92 bits per heavy atom. The van der Waals surface area contributed by atoms with Crippen LogP contribution in [0.15, 0.2) is 12.2 Å². The molecule has 3 atom stereocenters. The zero-order chi connectivity index (χ0) is 9.10. The van der Waals surface area contributed by atoms with E-state index in [0.717, 1.165) is 12.3 Å². The van der Waals surface area contributed by atoms with Crippen molar-refractivity contribution in [1.82, 2.24) is 0 Å². The molecular weight excluding hydrogens is 160 g/mol. The molecule has 1 saturated heterocycles. The average molecular weight is 179 g/mol. The summed E-state index contributed by atoms with van der Waals surface area (Å²) in [6.07, 6.45) is 12.9. The standard InChI is InChI=1S/C12H19O/c1-2-3-7-11-9-10-6-4-5-8-12(10)13-11/h3,7,10-12H,1-2,4-6,8-9H2. The first kappa shape index (κ1) is 9.26. The number of allylic oxidation sites excluding steroid dienone is 1. The molecule has 0 amide bonds. The molecule has 2 rings (SSSR count). The SMILES string of the molecule is [CH2]CC=CC1CC2CCCCC2O1. The van der Waals surface area contributed by atoms with Gasteiger partial charge in [-0.3, -0.25) is 0 Å². The molecule has 1 saturated carbocycles. The number of ether oxygens (including phenoxy) is 1. The number of hydrogen-bond donors (Lipinski definition) is 0. The Hall–Kier alpha value is -0.300. The maximum absolute atomic E-state index is 5.95. The normalized spacial score (nSPS) is 39.6. The molecule has 1 aliphatic heterocycles. The molecule has 2 aliphatic rings. The molecule has 0 aromatic carbocycles. The fraction of sp³-hybridized carbons (Fsp3) is 0.750. The summed E-state index contributed by atoms with van der Waals surface area (Å²) >= 11 is 0. The largest absolute Gasteiger partial charge is 0.371 e. The maximum Gasteiger partial charge on any atom is 0.0763 e. The summed E-state index contributed by atoms with van der Waals surface area (Å²) in [7, 11) is 0. The summed E-state index contributed by atoms with van der Waals surface area (Å²) in [5, 5.41) is 0. The molecule has 0 aromatic heterocycles. The van der Waals surface area contributed by atoms with E-state index in [4.69, 9.17) is 4.74 Å². The van der Waals surface area contributed by atoms with Crippen LogP contribution in [0, 0.1) is 12.8 Å². The lowest BCUT2D eigenvalue weighted by Gasteiger charge is -2.22. The summed E-state index contributed by atoms with van der Waals surface area (Å²) < 4.78 is 5.95. The Balaban J connectivity index is 1.87. The second-order valence-corrected chi connectivity index (χ2v) is 4.21. The van der Waals surface area contributed by atoms with E-state index in [1.807, 2.05) is 0 Å². The molecular formula is C12H19O. The van der Waals surface area contributed by atoms with Crippen LogP contribution in [0.1, 0.15) is 38.5 Å². The molecule has 1 heterocycles. The Morgan fingerprint density at radius 2 is 2.15 bits per heavy atom. The predicted molar refractivity (Wildman–Crippen MR) is 54.4 cm³/mol. The van der Waals surface area contributed by atoms with E-state index in [9.17, 15) is 0 Å². The molecule has 0 N–H and O–H groups in total. The number of rotatable bonds is 2. The molecule has 2 fully saturated rings. The maximum atomic E-state index is 5.95. The average Bonchev–Trinajstić information content (AvgIpc) is 2.57. The Morgan fingerprint density at radius 1 is 1.31 bits per heavy atom. The van der Waals surface area contributed by atoms with Gasteiger partial charge in [-0.15, -0.1) is 0 Å². The van der Waals surface area contributed by atoms with Crippen molar-refractivity contribution < 1.29 is 4.74 Å². The molecule has 0 spiro atoms. The zero-order valence-corrected chi connectivity index (χ0v) is 8.24. The van der Waals surface area contributed by atoms with Crippen molar-refractivity contribution in [2.24, 2.45) is 5.92 Å². The third kappa shape index (κ3) is 2.14. The van der Waals surface area contributed by atoms with Gasteiger partial charge >= 0.3 is 0 Å². The van der Waals surface area contributed by atoms with Crippen molar-refractivity contribution in [2.75, 3.05) is 0 Å². The van der Waals surface area contributed by atoms with E-state index in [-0.39, 0.29) is 0 Å². The van der Waals surface area contributed by atoms with Crippen molar-refractivity contribution in [2.45, 2.75) is 50.7 Å². The van der Waals surface area contributed by atoms with E-state index in [2.05, 4.69) is 19.1 Å². The summed E-state index contributed by atoms with van der Waals surface area (Å²) in [4.78, 5) is 0. The van der Waals surface area contributed by atoms with Crippen molar-refractivity contribution in [1.29, 1.82) is 0 Å². The molecule has 0 bridgehead atoms. The first-order chi connectivity index (χ1) is 6.40. The molecule has 1 radical (unpaired) electrons. The molecule has 1 nitrogen and oxygen atoms in total. The van der Waals surface area contributed by atoms with Crippen molar-refractivity contribution in [3.05, 3.63) is 19.1 Å². The summed E-state index contributed by atoms with van der Waals surface area (Å²) in [5.41, 5.74) is 0. The fourth-order valence-corrected chi connectivity index (χ4v) is 2.57. The van der Waals surface area contributed by atoms with E-state index in [1.54, 1.807) is 0 Å². The van der Waals surface area contributed by atoms with E-state index < -0.39 is 0 Å². The van der Waals surface area contributed by atoms with Crippen LogP contribution in [-0.4, -0.2) is 12.2 Å². The number of hydrogen-bond acceptors (Lipinski definition) is 1. The molecule has 3 unspecified atom stereocenters. The first-order valence-electron chi connectivity index (χ1n) is 5.51. The first-order valence-corrected chi connectivity index (χ1v) is 5.51. The lowest BCUT2D eigenvalue weighted by molar-refractivity contribution is 0.0384. The van der Waals surface area contributed by atoms with Gasteiger partial charge in [-0.05, 0) is 38.5 Å². The Kier molecular flexibility index (Phi) is 3.05. The lowest BCUT2D eigenvalue weighted by Crippen LogP contribution is -2.19. The highest BCUT2D eigenvalue weighted by Gasteiger charge is 2.35. The molecule has 13 heavy (non-hydrogen) atoms. The fourth-order valence-electron chi connectivity index (χ4n) is 2.57. The van der Waals surface area contributed by atoms with Crippen LogP contribution >= 0.6 is 0 Å². The van der Waals surface area contributed by atoms with Crippen LogP contribution in [-0.2, 0) is 4.74 Å². The lowest BCUT2D eigenvalue weighted by atomic mass is 9.85. The Labute approximate surface area is 81.2 Å². The van der Waals surface area contributed by atoms with Gasteiger partial charge in [0.15, 0.2) is 0 Å². The van der Waals surface area contributed by atoms with Crippen molar-refractivity contribution in [3.8, 4) is 0 Å². The van der Waals surface area contributed by atoms with Gasteiger partial charge in [0.1, 0.15) is 0 Å². The van der Waals surface area contributed by atoms with Crippen LogP contribution in [0.2, 0.25) is 0 Å². The summed E-state index contributed by atoms with van der Waals surface area (Å²) in [6, 6.07) is 0. The van der Waals surface area contributed by atoms with Gasteiger partial charge in [0.05, 0.1) is 12.2 Å². The van der Waals surface area contributed by atoms with Gasteiger partial charge in [-0.25, -0.2) is 0 Å². The van der Waals surface area contributed by atoms with Crippen LogP contribution in [0.4, 0.5) is 0 Å². The minimum atomic E-state index is 0.398. The van der Waals surface area contributed by atoms with Crippen LogP contribution < -0.4 is 0 Å². The highest BCUT2D eigenvalue weighted by atomic mass is 16.5. The van der Waals surface area contributed by atoms with E-state index >= 15 is 0 Å². The van der Waals surface area contributed by atoms with Gasteiger partial charge in [-0.2, -0.15) is 0 Å². The van der Waals surface area contributed by atoms with Crippen molar-refractivity contribution >= 4 is 0 Å². The Bertz CT molecular complexity index is 172. The molecule has 1 heteroatoms. The molecule has 0 aromatic rings. The smallest absolute Gasteiger partial charge is 0.0763 e. The summed E-state index contributed by atoms with van der Waals surface area (Å²) in [6.45, 7) is 3.79. The van der Waals surface area contributed by atoms with Gasteiger partial charge < -0.3 is 4.74 Å². The second kappa shape index (κ2) is 4.28. The predicted octanol–water partition coefficient (Wildman–Crippen LogP) is 3.11. The van der Waals surface area contributed by atoms with Gasteiger partial charge in [0.25, 0.3) is 0 Å². The molecule has 73 valence electrons. The van der Waals surface area contributed by atoms with E-state index in [1.165, 1.54) is 32.1 Å². The zero-order valence-electron chi connectivity index (χ0n) is 8.24. The van der Waals surface area contributed by atoms with Gasteiger partial charge in [0.2, 0.25) is 0 Å². The minimum absolute atomic E-state index is 0.398. The highest BCUT2D eigenvalue weighted by Crippen LogP contribution is 2.37. The summed E-state index contributed by atoms with van der Waals surface area (Å²) in [5.74, 6) is 0.855.